The molecule has 0 saturated heterocycles. The Morgan fingerprint density at radius 1 is 0.862 bits per heavy atom. The molecule has 0 spiro atoms. The fourth-order valence-electron chi connectivity index (χ4n) is 2.90. The Morgan fingerprint density at radius 3 is 2.38 bits per heavy atom. The molecule has 0 radical (unpaired) electrons. The van der Waals surface area contributed by atoms with Crippen molar-refractivity contribution in [1.82, 2.24) is 0 Å². The molecule has 3 rings (SSSR count). The van der Waals surface area contributed by atoms with E-state index in [1.165, 1.54) is 5.56 Å². The van der Waals surface area contributed by atoms with E-state index >= 15 is 0 Å². The smallest absolute Gasteiger partial charge is 0.243 e. The van der Waals surface area contributed by atoms with Gasteiger partial charge in [0.05, 0.1) is 20.3 Å². The summed E-state index contributed by atoms with van der Waals surface area (Å²) in [5, 5.41) is 5.97. The maximum atomic E-state index is 12.2. The Kier molecular flexibility index (Phi) is 7.52. The molecule has 0 aromatic heterocycles. The number of aryl methyl sites for hydroxylation is 1. The summed E-state index contributed by atoms with van der Waals surface area (Å²) in [5.41, 5.74) is 2.85. The fourth-order valence-corrected chi connectivity index (χ4v) is 2.90. The molecule has 5 heteroatoms. The highest BCUT2D eigenvalue weighted by molar-refractivity contribution is 5.93. The van der Waals surface area contributed by atoms with Crippen LogP contribution in [0.1, 0.15) is 12.0 Å². The van der Waals surface area contributed by atoms with Crippen LogP contribution in [-0.2, 0) is 11.2 Å². The van der Waals surface area contributed by atoms with Crippen LogP contribution >= 0.6 is 0 Å². The zero-order valence-electron chi connectivity index (χ0n) is 16.6. The monoisotopic (exact) mass is 390 g/mol. The lowest BCUT2D eigenvalue weighted by Gasteiger charge is -2.11. The van der Waals surface area contributed by atoms with Gasteiger partial charge in [-0.1, -0.05) is 42.5 Å². The average molecular weight is 390 g/mol. The summed E-state index contributed by atoms with van der Waals surface area (Å²) >= 11 is 0. The SMILES string of the molecule is COc1cccc(NCC(=O)Nc2cccc(OCCCc3ccccc3)c2)c1. The van der Waals surface area contributed by atoms with Crippen LogP contribution in [0, 0.1) is 0 Å². The number of hydrogen-bond donors (Lipinski definition) is 2. The summed E-state index contributed by atoms with van der Waals surface area (Å²) in [6.07, 6.45) is 1.91. The highest BCUT2D eigenvalue weighted by atomic mass is 16.5. The van der Waals surface area contributed by atoms with Gasteiger partial charge >= 0.3 is 0 Å². The van der Waals surface area contributed by atoms with Crippen molar-refractivity contribution in [2.24, 2.45) is 0 Å². The number of amides is 1. The number of ether oxygens (including phenoxy) is 2. The maximum absolute atomic E-state index is 12.2. The lowest BCUT2D eigenvalue weighted by molar-refractivity contribution is -0.114. The molecule has 29 heavy (non-hydrogen) atoms. The first-order valence-electron chi connectivity index (χ1n) is 9.67. The molecule has 3 aromatic rings. The van der Waals surface area contributed by atoms with Crippen molar-refractivity contribution in [1.29, 1.82) is 0 Å². The Labute approximate surface area is 171 Å². The number of nitrogens with one attached hydrogen (secondary N) is 2. The van der Waals surface area contributed by atoms with Crippen molar-refractivity contribution in [2.75, 3.05) is 30.9 Å². The van der Waals surface area contributed by atoms with Gasteiger partial charge in [-0.15, -0.1) is 0 Å². The van der Waals surface area contributed by atoms with Crippen LogP contribution in [0.15, 0.2) is 78.9 Å². The number of benzene rings is 3. The first kappa shape index (κ1) is 20.3. The van der Waals surface area contributed by atoms with E-state index < -0.39 is 0 Å². The molecule has 2 N–H and O–H groups in total. The molecule has 0 aliphatic carbocycles. The fraction of sp³-hybridized carbons (Fsp3) is 0.208. The minimum absolute atomic E-state index is 0.131. The molecule has 3 aromatic carbocycles. The predicted molar refractivity (Wildman–Crippen MR) is 117 cm³/mol. The number of anilines is 2. The molecule has 0 unspecified atom stereocenters. The van der Waals surface area contributed by atoms with E-state index in [9.17, 15) is 4.79 Å². The number of carbonyl (C=O) groups excluding carboxylic acids is 1. The van der Waals surface area contributed by atoms with E-state index in [0.717, 1.165) is 30.0 Å². The molecule has 1 amide bonds. The van der Waals surface area contributed by atoms with E-state index in [2.05, 4.69) is 22.8 Å². The van der Waals surface area contributed by atoms with E-state index in [1.807, 2.05) is 66.7 Å². The third-order valence-corrected chi connectivity index (χ3v) is 4.36. The first-order valence-corrected chi connectivity index (χ1v) is 9.67. The van der Waals surface area contributed by atoms with Gasteiger partial charge in [0.25, 0.3) is 0 Å². The highest BCUT2D eigenvalue weighted by Gasteiger charge is 2.04. The van der Waals surface area contributed by atoms with E-state index in [0.29, 0.717) is 12.3 Å². The predicted octanol–water partition coefficient (Wildman–Crippen LogP) is 4.76. The van der Waals surface area contributed by atoms with Crippen LogP contribution in [0.3, 0.4) is 0 Å². The van der Waals surface area contributed by atoms with Gasteiger partial charge in [0, 0.05) is 23.5 Å². The summed E-state index contributed by atoms with van der Waals surface area (Å²) < 4.78 is 11.0. The van der Waals surface area contributed by atoms with Gasteiger partial charge in [0.15, 0.2) is 0 Å². The summed E-state index contributed by atoms with van der Waals surface area (Å²) in [5.74, 6) is 1.36. The maximum Gasteiger partial charge on any atom is 0.243 e. The van der Waals surface area contributed by atoms with Crippen molar-refractivity contribution in [3.8, 4) is 11.5 Å². The van der Waals surface area contributed by atoms with Crippen molar-refractivity contribution in [2.45, 2.75) is 12.8 Å². The zero-order valence-corrected chi connectivity index (χ0v) is 16.6. The third-order valence-electron chi connectivity index (χ3n) is 4.36. The Hall–Kier alpha value is -3.47. The lowest BCUT2D eigenvalue weighted by Crippen LogP contribution is -2.21. The minimum atomic E-state index is -0.131. The molecule has 0 atom stereocenters. The average Bonchev–Trinajstić information content (AvgIpc) is 2.76. The quantitative estimate of drug-likeness (QED) is 0.490. The number of rotatable bonds is 10. The van der Waals surface area contributed by atoms with E-state index in [4.69, 9.17) is 9.47 Å². The van der Waals surface area contributed by atoms with Crippen molar-refractivity contribution < 1.29 is 14.3 Å². The second-order valence-corrected chi connectivity index (χ2v) is 6.60. The first-order chi connectivity index (χ1) is 14.2. The molecule has 0 aliphatic heterocycles. The van der Waals surface area contributed by atoms with Gasteiger partial charge in [-0.2, -0.15) is 0 Å². The number of methoxy groups -OCH3 is 1. The normalized spacial score (nSPS) is 10.2. The minimum Gasteiger partial charge on any atom is -0.497 e. The van der Waals surface area contributed by atoms with Crippen LogP contribution in [0.2, 0.25) is 0 Å². The second-order valence-electron chi connectivity index (χ2n) is 6.60. The van der Waals surface area contributed by atoms with Gasteiger partial charge in [0.2, 0.25) is 5.91 Å². The van der Waals surface area contributed by atoms with Crippen LogP contribution in [0.25, 0.3) is 0 Å². The van der Waals surface area contributed by atoms with E-state index in [1.54, 1.807) is 7.11 Å². The Morgan fingerprint density at radius 2 is 1.59 bits per heavy atom. The standard InChI is InChI=1S/C24H26N2O3/c1-28-22-13-5-11-20(16-22)25-18-24(27)26-21-12-6-14-23(17-21)29-15-7-10-19-8-3-2-4-9-19/h2-6,8-9,11-14,16-17,25H,7,10,15,18H2,1H3,(H,26,27). The molecule has 0 bridgehead atoms. The van der Waals surface area contributed by atoms with Crippen molar-refractivity contribution in [3.63, 3.8) is 0 Å². The number of hydrogen-bond acceptors (Lipinski definition) is 4. The lowest BCUT2D eigenvalue weighted by atomic mass is 10.1. The topological polar surface area (TPSA) is 59.6 Å². The van der Waals surface area contributed by atoms with Crippen LogP contribution in [0.5, 0.6) is 11.5 Å². The van der Waals surface area contributed by atoms with Gasteiger partial charge < -0.3 is 20.1 Å². The van der Waals surface area contributed by atoms with Crippen LogP contribution in [0.4, 0.5) is 11.4 Å². The van der Waals surface area contributed by atoms with Gasteiger partial charge in [0.1, 0.15) is 11.5 Å². The summed E-state index contributed by atoms with van der Waals surface area (Å²) in [6.45, 7) is 0.791. The van der Waals surface area contributed by atoms with Crippen molar-refractivity contribution in [3.05, 3.63) is 84.4 Å². The van der Waals surface area contributed by atoms with E-state index in [-0.39, 0.29) is 12.5 Å². The molecular weight excluding hydrogens is 364 g/mol. The molecule has 5 nitrogen and oxygen atoms in total. The largest absolute Gasteiger partial charge is 0.497 e. The second kappa shape index (κ2) is 10.8. The molecule has 0 heterocycles. The van der Waals surface area contributed by atoms with Crippen LogP contribution in [-0.4, -0.2) is 26.2 Å². The van der Waals surface area contributed by atoms with Crippen molar-refractivity contribution >= 4 is 17.3 Å². The molecule has 0 fully saturated rings. The Balaban J connectivity index is 1.43. The van der Waals surface area contributed by atoms with Gasteiger partial charge in [-0.05, 0) is 42.7 Å². The Bertz CT molecular complexity index is 913. The third kappa shape index (κ3) is 6.88. The van der Waals surface area contributed by atoms with Gasteiger partial charge in [-0.3, -0.25) is 4.79 Å². The summed E-state index contributed by atoms with van der Waals surface area (Å²) in [4.78, 5) is 12.2. The molecule has 0 saturated carbocycles. The highest BCUT2D eigenvalue weighted by Crippen LogP contribution is 2.19. The van der Waals surface area contributed by atoms with Crippen LogP contribution < -0.4 is 20.1 Å². The van der Waals surface area contributed by atoms with Gasteiger partial charge in [-0.25, -0.2) is 0 Å². The summed E-state index contributed by atoms with van der Waals surface area (Å²) in [7, 11) is 1.61. The summed E-state index contributed by atoms with van der Waals surface area (Å²) in [6, 6.07) is 25.3. The molecule has 150 valence electrons. The molecule has 0 aliphatic rings. The zero-order chi connectivity index (χ0) is 20.3. The number of carbonyl (C=O) groups is 1. The molecular formula is C24H26N2O3.